The van der Waals surface area contributed by atoms with E-state index in [0.29, 0.717) is 16.6 Å². The number of fused-ring (bicyclic) bond motifs is 1. The summed E-state index contributed by atoms with van der Waals surface area (Å²) in [6.07, 6.45) is 0. The minimum atomic E-state index is -0.662. The van der Waals surface area contributed by atoms with Gasteiger partial charge in [0.2, 0.25) is 5.91 Å². The van der Waals surface area contributed by atoms with Crippen molar-refractivity contribution in [2.75, 3.05) is 13.2 Å². The number of amides is 3. The van der Waals surface area contributed by atoms with Crippen molar-refractivity contribution in [1.82, 2.24) is 15.2 Å². The lowest BCUT2D eigenvalue weighted by atomic mass is 10.0. The standard InChI is InChI=1S/C25H23N3O6/c1-3-33-24(31)22-15(2)17-9-6-7-11-19(17)27-20(22)14-34-23(30)18-10-5-4-8-16(18)13-28-21(29)12-26-25(28)32/h4-11H,3,12-14H2,1-2H3,(H,26,32). The minimum absolute atomic E-state index is 0.0582. The van der Waals surface area contributed by atoms with E-state index in [1.165, 1.54) is 0 Å². The largest absolute Gasteiger partial charge is 0.462 e. The lowest BCUT2D eigenvalue weighted by Gasteiger charge is -2.16. The van der Waals surface area contributed by atoms with E-state index in [1.54, 1.807) is 38.1 Å². The first-order chi connectivity index (χ1) is 16.4. The number of pyridine rings is 1. The van der Waals surface area contributed by atoms with Crippen LogP contribution in [0.5, 0.6) is 0 Å². The van der Waals surface area contributed by atoms with E-state index in [1.807, 2.05) is 24.3 Å². The molecular weight excluding hydrogens is 438 g/mol. The van der Waals surface area contributed by atoms with Crippen molar-refractivity contribution in [1.29, 1.82) is 0 Å². The number of hydrogen-bond acceptors (Lipinski definition) is 7. The van der Waals surface area contributed by atoms with Gasteiger partial charge in [0.25, 0.3) is 0 Å². The van der Waals surface area contributed by atoms with Crippen LogP contribution in [0.4, 0.5) is 4.79 Å². The molecule has 2 heterocycles. The Hall–Kier alpha value is -4.27. The highest BCUT2D eigenvalue weighted by Crippen LogP contribution is 2.25. The van der Waals surface area contributed by atoms with E-state index in [0.717, 1.165) is 10.3 Å². The van der Waals surface area contributed by atoms with Gasteiger partial charge in [-0.05, 0) is 37.1 Å². The van der Waals surface area contributed by atoms with E-state index in [-0.39, 0.29) is 49.0 Å². The minimum Gasteiger partial charge on any atom is -0.462 e. The van der Waals surface area contributed by atoms with Gasteiger partial charge in [0, 0.05) is 5.39 Å². The third-order valence-corrected chi connectivity index (χ3v) is 5.55. The number of aromatic nitrogens is 1. The zero-order valence-electron chi connectivity index (χ0n) is 18.8. The molecule has 3 amide bonds. The number of ether oxygens (including phenoxy) is 2. The maximum absolute atomic E-state index is 13.0. The number of carbonyl (C=O) groups is 4. The van der Waals surface area contributed by atoms with E-state index < -0.39 is 18.0 Å². The molecule has 1 fully saturated rings. The van der Waals surface area contributed by atoms with Gasteiger partial charge >= 0.3 is 18.0 Å². The summed E-state index contributed by atoms with van der Waals surface area (Å²) >= 11 is 0. The Bertz CT molecular complexity index is 1290. The molecule has 9 nitrogen and oxygen atoms in total. The highest BCUT2D eigenvalue weighted by Gasteiger charge is 2.30. The molecule has 0 aliphatic carbocycles. The Kier molecular flexibility index (Phi) is 6.53. The van der Waals surface area contributed by atoms with Crippen LogP contribution in [-0.2, 0) is 27.4 Å². The molecule has 4 rings (SSSR count). The zero-order valence-corrected chi connectivity index (χ0v) is 18.8. The second-order valence-electron chi connectivity index (χ2n) is 7.67. The van der Waals surface area contributed by atoms with E-state index in [2.05, 4.69) is 10.3 Å². The van der Waals surface area contributed by atoms with Crippen LogP contribution in [0.25, 0.3) is 10.9 Å². The van der Waals surface area contributed by atoms with Crippen LogP contribution < -0.4 is 5.32 Å². The molecule has 0 atom stereocenters. The van der Waals surface area contributed by atoms with Crippen LogP contribution in [0.1, 0.15) is 44.5 Å². The van der Waals surface area contributed by atoms with Gasteiger partial charge in [-0.25, -0.2) is 19.4 Å². The van der Waals surface area contributed by atoms with Crippen molar-refractivity contribution in [3.63, 3.8) is 0 Å². The van der Waals surface area contributed by atoms with Gasteiger partial charge < -0.3 is 14.8 Å². The van der Waals surface area contributed by atoms with Crippen molar-refractivity contribution in [2.45, 2.75) is 27.0 Å². The third-order valence-electron chi connectivity index (χ3n) is 5.55. The number of hydrogen-bond donors (Lipinski definition) is 1. The maximum Gasteiger partial charge on any atom is 0.340 e. The van der Waals surface area contributed by atoms with Crippen molar-refractivity contribution in [3.8, 4) is 0 Å². The Balaban J connectivity index is 1.61. The van der Waals surface area contributed by atoms with E-state index in [9.17, 15) is 19.2 Å². The molecule has 0 saturated carbocycles. The Morgan fingerprint density at radius 1 is 1.03 bits per heavy atom. The molecular formula is C25H23N3O6. The Labute approximate surface area is 195 Å². The van der Waals surface area contributed by atoms with Gasteiger partial charge in [0.15, 0.2) is 0 Å². The molecule has 1 aliphatic rings. The molecule has 3 aromatic rings. The summed E-state index contributed by atoms with van der Waals surface area (Å²) < 4.78 is 10.7. The van der Waals surface area contributed by atoms with Gasteiger partial charge in [-0.2, -0.15) is 0 Å². The molecule has 1 aliphatic heterocycles. The first kappa shape index (κ1) is 22.9. The molecule has 0 radical (unpaired) electrons. The molecule has 1 aromatic heterocycles. The number of para-hydroxylation sites is 1. The fraction of sp³-hybridized carbons (Fsp3) is 0.240. The summed E-state index contributed by atoms with van der Waals surface area (Å²) in [5.74, 6) is -1.57. The molecule has 174 valence electrons. The maximum atomic E-state index is 13.0. The van der Waals surface area contributed by atoms with Crippen LogP contribution in [0.15, 0.2) is 48.5 Å². The molecule has 2 aromatic carbocycles. The monoisotopic (exact) mass is 461 g/mol. The first-order valence-corrected chi connectivity index (χ1v) is 10.8. The summed E-state index contributed by atoms with van der Waals surface area (Å²) in [4.78, 5) is 55.1. The lowest BCUT2D eigenvalue weighted by Crippen LogP contribution is -2.31. The number of benzene rings is 2. The van der Waals surface area contributed by atoms with Gasteiger partial charge in [-0.3, -0.25) is 9.69 Å². The number of aryl methyl sites for hydroxylation is 1. The lowest BCUT2D eigenvalue weighted by molar-refractivity contribution is -0.125. The number of nitrogens with one attached hydrogen (secondary N) is 1. The number of carbonyl (C=O) groups excluding carboxylic acids is 4. The van der Waals surface area contributed by atoms with Crippen molar-refractivity contribution >= 4 is 34.8 Å². The molecule has 0 spiro atoms. The topological polar surface area (TPSA) is 115 Å². The average Bonchev–Trinajstić information content (AvgIpc) is 3.15. The highest BCUT2D eigenvalue weighted by atomic mass is 16.5. The van der Waals surface area contributed by atoms with Crippen LogP contribution >= 0.6 is 0 Å². The highest BCUT2D eigenvalue weighted by molar-refractivity contribution is 6.02. The third kappa shape index (κ3) is 4.45. The second kappa shape index (κ2) is 9.70. The van der Waals surface area contributed by atoms with E-state index in [4.69, 9.17) is 9.47 Å². The van der Waals surface area contributed by atoms with Crippen LogP contribution in [0, 0.1) is 6.92 Å². The predicted octanol–water partition coefficient (Wildman–Crippen LogP) is 3.13. The van der Waals surface area contributed by atoms with Gasteiger partial charge in [0.05, 0.1) is 42.0 Å². The number of esters is 2. The average molecular weight is 461 g/mol. The fourth-order valence-corrected chi connectivity index (χ4v) is 3.87. The van der Waals surface area contributed by atoms with E-state index >= 15 is 0 Å². The van der Waals surface area contributed by atoms with Crippen LogP contribution in [0.3, 0.4) is 0 Å². The quantitative estimate of drug-likeness (QED) is 0.425. The zero-order chi connectivity index (χ0) is 24.2. The fourth-order valence-electron chi connectivity index (χ4n) is 3.87. The smallest absolute Gasteiger partial charge is 0.340 e. The van der Waals surface area contributed by atoms with Gasteiger partial charge in [-0.15, -0.1) is 0 Å². The summed E-state index contributed by atoms with van der Waals surface area (Å²) in [5.41, 5.74) is 2.58. The molecule has 1 saturated heterocycles. The van der Waals surface area contributed by atoms with Crippen molar-refractivity contribution in [2.24, 2.45) is 0 Å². The van der Waals surface area contributed by atoms with Crippen LogP contribution in [0.2, 0.25) is 0 Å². The van der Waals surface area contributed by atoms with Crippen molar-refractivity contribution < 1.29 is 28.7 Å². The number of rotatable bonds is 7. The number of urea groups is 1. The molecule has 1 N–H and O–H groups in total. The molecule has 34 heavy (non-hydrogen) atoms. The first-order valence-electron chi connectivity index (χ1n) is 10.8. The predicted molar refractivity (Wildman–Crippen MR) is 122 cm³/mol. The van der Waals surface area contributed by atoms with Gasteiger partial charge in [0.1, 0.15) is 6.61 Å². The normalized spacial score (nSPS) is 13.2. The molecule has 0 bridgehead atoms. The summed E-state index contributed by atoms with van der Waals surface area (Å²) in [5, 5.41) is 3.26. The number of imide groups is 1. The van der Waals surface area contributed by atoms with Gasteiger partial charge in [-0.1, -0.05) is 36.4 Å². The summed E-state index contributed by atoms with van der Waals surface area (Å²) in [6, 6.07) is 13.4. The molecule has 0 unspecified atom stereocenters. The summed E-state index contributed by atoms with van der Waals surface area (Å²) in [6.45, 7) is 3.32. The Morgan fingerprint density at radius 3 is 2.50 bits per heavy atom. The molecule has 9 heteroatoms. The second-order valence-corrected chi connectivity index (χ2v) is 7.67. The van der Waals surface area contributed by atoms with Crippen molar-refractivity contribution in [3.05, 3.63) is 76.5 Å². The Morgan fingerprint density at radius 2 is 1.76 bits per heavy atom. The summed E-state index contributed by atoms with van der Waals surface area (Å²) in [7, 11) is 0. The SMILES string of the molecule is CCOC(=O)c1c(COC(=O)c2ccccc2CN2C(=O)CNC2=O)nc2ccccc2c1C. The van der Waals surface area contributed by atoms with Crippen LogP contribution in [-0.4, -0.2) is 46.9 Å². The number of nitrogens with zero attached hydrogens (tertiary/aromatic N) is 2.